The van der Waals surface area contributed by atoms with Gasteiger partial charge in [0.05, 0.1) is 17.3 Å². The molecule has 120 valence electrons. The lowest BCUT2D eigenvalue weighted by Crippen LogP contribution is -2.12. The van der Waals surface area contributed by atoms with Crippen LogP contribution in [0.5, 0.6) is 0 Å². The van der Waals surface area contributed by atoms with Crippen LogP contribution in [0.3, 0.4) is 0 Å². The van der Waals surface area contributed by atoms with Crippen molar-refractivity contribution in [1.29, 1.82) is 0 Å². The van der Waals surface area contributed by atoms with Crippen molar-refractivity contribution in [2.45, 2.75) is 11.8 Å². The van der Waals surface area contributed by atoms with Crippen molar-refractivity contribution >= 4 is 25.5 Å². The minimum Gasteiger partial charge on any atom is -0.302 e. The third-order valence-electron chi connectivity index (χ3n) is 2.20. The number of hydrogen-bond donors (Lipinski definition) is 3. The van der Waals surface area contributed by atoms with Gasteiger partial charge < -0.3 is 14.7 Å². The Hall–Kier alpha value is -0.570. The van der Waals surface area contributed by atoms with Crippen LogP contribution in [-0.2, 0) is 27.8 Å². The maximum atomic E-state index is 11.9. The molecule has 0 radical (unpaired) electrons. The summed E-state index contributed by atoms with van der Waals surface area (Å²) in [6.45, 7) is 1.02. The lowest BCUT2D eigenvalue weighted by molar-refractivity contribution is 0.185. The number of benzene rings is 1. The number of aryl methyl sites for hydroxylation is 1. The predicted octanol–water partition coefficient (Wildman–Crippen LogP) is 0.995. The Bertz CT molecular complexity index is 676. The van der Waals surface area contributed by atoms with E-state index in [2.05, 4.69) is 8.83 Å². The zero-order chi connectivity index (χ0) is 16.3. The summed E-state index contributed by atoms with van der Waals surface area (Å²) in [5.41, 5.74) is 0.861. The van der Waals surface area contributed by atoms with Crippen LogP contribution >= 0.6 is 15.6 Å². The second-order valence-electron chi connectivity index (χ2n) is 4.01. The summed E-state index contributed by atoms with van der Waals surface area (Å²) in [6.07, 6.45) is 0. The molecule has 0 saturated carbocycles. The minimum atomic E-state index is -5.22. The fourth-order valence-electron chi connectivity index (χ4n) is 1.28. The topological polar surface area (TPSA) is 147 Å². The molecule has 0 bridgehead atoms. The third-order valence-corrected chi connectivity index (χ3v) is 6.08. The van der Waals surface area contributed by atoms with Crippen LogP contribution in [0.1, 0.15) is 5.56 Å². The molecule has 1 rings (SSSR count). The zero-order valence-electron chi connectivity index (χ0n) is 10.8. The Labute approximate surface area is 121 Å². The molecule has 0 amide bonds. The fourth-order valence-corrected chi connectivity index (χ4v) is 4.08. The van der Waals surface area contributed by atoms with E-state index in [9.17, 15) is 17.5 Å². The maximum Gasteiger partial charge on any atom is 0.481 e. The van der Waals surface area contributed by atoms with Crippen LogP contribution in [0.15, 0.2) is 29.2 Å². The van der Waals surface area contributed by atoms with Crippen molar-refractivity contribution in [3.05, 3.63) is 29.8 Å². The van der Waals surface area contributed by atoms with Gasteiger partial charge in [-0.25, -0.2) is 17.5 Å². The highest BCUT2D eigenvalue weighted by Gasteiger charge is 2.32. The highest BCUT2D eigenvalue weighted by molar-refractivity contribution is 7.91. The van der Waals surface area contributed by atoms with Crippen molar-refractivity contribution < 1.29 is 41.1 Å². The van der Waals surface area contributed by atoms with Crippen molar-refractivity contribution in [2.75, 3.05) is 12.4 Å². The highest BCUT2D eigenvalue weighted by atomic mass is 32.2. The van der Waals surface area contributed by atoms with E-state index in [0.29, 0.717) is 0 Å². The van der Waals surface area contributed by atoms with Gasteiger partial charge in [0.1, 0.15) is 0 Å². The van der Waals surface area contributed by atoms with Gasteiger partial charge in [-0.05, 0) is 19.1 Å². The van der Waals surface area contributed by atoms with Crippen molar-refractivity contribution in [2.24, 2.45) is 0 Å². The van der Waals surface area contributed by atoms with Crippen LogP contribution in [0, 0.1) is 6.92 Å². The molecular weight excluding hydrogens is 346 g/mol. The molecule has 1 atom stereocenters. The summed E-state index contributed by atoms with van der Waals surface area (Å²) in [6, 6.07) is 5.91. The van der Waals surface area contributed by atoms with Crippen LogP contribution < -0.4 is 0 Å². The second kappa shape index (κ2) is 6.68. The van der Waals surface area contributed by atoms with E-state index in [-0.39, 0.29) is 4.90 Å². The van der Waals surface area contributed by atoms with E-state index >= 15 is 0 Å². The van der Waals surface area contributed by atoms with Gasteiger partial charge in [-0.3, -0.25) is 4.52 Å². The van der Waals surface area contributed by atoms with Gasteiger partial charge in [0.25, 0.3) is 0 Å². The van der Waals surface area contributed by atoms with E-state index in [1.165, 1.54) is 12.1 Å². The van der Waals surface area contributed by atoms with Gasteiger partial charge >= 0.3 is 15.6 Å². The van der Waals surface area contributed by atoms with Gasteiger partial charge in [-0.1, -0.05) is 17.7 Å². The monoisotopic (exact) mass is 360 g/mol. The molecule has 1 aromatic carbocycles. The summed E-state index contributed by atoms with van der Waals surface area (Å²) in [5.74, 6) is -0.648. The van der Waals surface area contributed by atoms with Crippen LogP contribution in [0.2, 0.25) is 0 Å². The molecule has 0 aliphatic rings. The number of hydrogen-bond acceptors (Lipinski definition) is 6. The number of sulfone groups is 1. The molecule has 0 spiro atoms. The first-order valence-electron chi connectivity index (χ1n) is 5.45. The van der Waals surface area contributed by atoms with Crippen molar-refractivity contribution in [3.8, 4) is 0 Å². The van der Waals surface area contributed by atoms with Gasteiger partial charge in [0.2, 0.25) is 0 Å². The Morgan fingerprint density at radius 3 is 2.10 bits per heavy atom. The summed E-state index contributed by atoms with van der Waals surface area (Å²) >= 11 is 0. The quantitative estimate of drug-likeness (QED) is 0.605. The smallest absolute Gasteiger partial charge is 0.302 e. The van der Waals surface area contributed by atoms with Crippen LogP contribution in [0.4, 0.5) is 0 Å². The molecule has 1 unspecified atom stereocenters. The van der Waals surface area contributed by atoms with Crippen molar-refractivity contribution in [3.63, 3.8) is 0 Å². The van der Waals surface area contributed by atoms with Gasteiger partial charge in [0.15, 0.2) is 9.84 Å². The molecule has 1 aromatic rings. The molecule has 0 saturated heterocycles. The predicted molar refractivity (Wildman–Crippen MR) is 72.1 cm³/mol. The summed E-state index contributed by atoms with van der Waals surface area (Å²) in [7, 11) is -14.0. The first kappa shape index (κ1) is 18.5. The molecule has 9 nitrogen and oxygen atoms in total. The SMILES string of the molecule is Cc1ccc(S(=O)(=O)CCOP(=O)(O)OP(=O)(O)O)cc1. The Morgan fingerprint density at radius 2 is 1.62 bits per heavy atom. The van der Waals surface area contributed by atoms with Gasteiger partial charge in [-0.15, -0.1) is 0 Å². The van der Waals surface area contributed by atoms with Crippen LogP contribution in [0.25, 0.3) is 0 Å². The molecule has 0 heterocycles. The summed E-state index contributed by atoms with van der Waals surface area (Å²) in [5, 5.41) is 0. The number of rotatable bonds is 7. The lowest BCUT2D eigenvalue weighted by atomic mass is 10.2. The second-order valence-corrected chi connectivity index (χ2v) is 8.94. The molecular formula is C9H14O9P2S. The molecule has 0 aromatic heterocycles. The first-order chi connectivity index (χ1) is 9.41. The number of phosphoric ester groups is 1. The molecule has 21 heavy (non-hydrogen) atoms. The average molecular weight is 360 g/mol. The molecule has 0 aliphatic carbocycles. The van der Waals surface area contributed by atoms with E-state index in [1.54, 1.807) is 19.1 Å². The minimum absolute atomic E-state index is 0.000350. The average Bonchev–Trinajstić information content (AvgIpc) is 2.25. The fraction of sp³-hybridized carbons (Fsp3) is 0.333. The van der Waals surface area contributed by atoms with Crippen molar-refractivity contribution in [1.82, 2.24) is 0 Å². The van der Waals surface area contributed by atoms with E-state index in [0.717, 1.165) is 5.56 Å². The zero-order valence-corrected chi connectivity index (χ0v) is 13.4. The highest BCUT2D eigenvalue weighted by Crippen LogP contribution is 2.57. The Kier molecular flexibility index (Phi) is 5.88. The van der Waals surface area contributed by atoms with E-state index in [1.807, 2.05) is 0 Å². The first-order valence-corrected chi connectivity index (χ1v) is 10.1. The number of phosphoric acid groups is 2. The largest absolute Gasteiger partial charge is 0.481 e. The standard InChI is InChI=1S/C9H14O9P2S/c1-8-2-4-9(5-3-8)21(15,16)7-6-17-20(13,14)18-19(10,11)12/h2-5H,6-7H2,1H3,(H,13,14)(H2,10,11,12). The Balaban J connectivity index is 2.65. The van der Waals surface area contributed by atoms with E-state index < -0.39 is 37.8 Å². The summed E-state index contributed by atoms with van der Waals surface area (Å²) < 4.78 is 53.0. The van der Waals surface area contributed by atoms with Gasteiger partial charge in [0, 0.05) is 0 Å². The van der Waals surface area contributed by atoms with Crippen LogP contribution in [-0.4, -0.2) is 35.5 Å². The maximum absolute atomic E-state index is 11.9. The lowest BCUT2D eigenvalue weighted by Gasteiger charge is -2.12. The van der Waals surface area contributed by atoms with E-state index in [4.69, 9.17) is 14.7 Å². The molecule has 0 aliphatic heterocycles. The normalized spacial score (nSPS) is 15.6. The summed E-state index contributed by atoms with van der Waals surface area (Å²) in [4.78, 5) is 25.7. The van der Waals surface area contributed by atoms with Gasteiger partial charge in [-0.2, -0.15) is 4.31 Å². The third kappa shape index (κ3) is 6.82. The molecule has 0 fully saturated rings. The Morgan fingerprint density at radius 1 is 1.10 bits per heavy atom. The molecule has 12 heteroatoms. The molecule has 3 N–H and O–H groups in total.